The molecule has 2 rings (SSSR count). The largest absolute Gasteiger partial charge is 0.345 e. The van der Waals surface area contributed by atoms with E-state index in [-0.39, 0.29) is 18.2 Å². The number of nitrogens with zero attached hydrogens (tertiary/aromatic N) is 1. The third-order valence-corrected chi connectivity index (χ3v) is 5.54. The highest BCUT2D eigenvalue weighted by Crippen LogP contribution is 2.23. The summed E-state index contributed by atoms with van der Waals surface area (Å²) < 4.78 is 1.09. The van der Waals surface area contributed by atoms with Crippen LogP contribution in [0, 0.1) is 0 Å². The third kappa shape index (κ3) is 6.72. The Morgan fingerprint density at radius 2 is 1.92 bits per heavy atom. The first kappa shape index (κ1) is 19.8. The summed E-state index contributed by atoms with van der Waals surface area (Å²) >= 11 is 5.13. The van der Waals surface area contributed by atoms with Gasteiger partial charge >= 0.3 is 0 Å². The van der Waals surface area contributed by atoms with Crippen molar-refractivity contribution in [3.8, 4) is 0 Å². The number of carbonyl (C=O) groups is 2. The third-order valence-electron chi connectivity index (χ3n) is 3.93. The molecule has 1 aromatic carbocycles. The molecule has 1 N–H and O–H groups in total. The minimum Gasteiger partial charge on any atom is -0.345 e. The molecule has 0 saturated carbocycles. The van der Waals surface area contributed by atoms with Gasteiger partial charge in [0.25, 0.3) is 0 Å². The quantitative estimate of drug-likeness (QED) is 0.670. The fourth-order valence-electron chi connectivity index (χ4n) is 2.53. The summed E-state index contributed by atoms with van der Waals surface area (Å²) in [4.78, 5) is 27.6. The molecule has 0 radical (unpaired) electrons. The SMILES string of the molecule is CCN(CC(=O)NC(Cc1ccccc1)C(C)=O)Cc1ccc(Br)s1. The lowest BCUT2D eigenvalue weighted by molar-refractivity contribution is -0.127. The Balaban J connectivity index is 1.91. The van der Waals surface area contributed by atoms with Gasteiger partial charge in [-0.3, -0.25) is 14.5 Å². The second-order valence-corrected chi connectivity index (χ2v) is 8.48. The van der Waals surface area contributed by atoms with E-state index in [0.29, 0.717) is 6.42 Å². The Bertz CT molecular complexity index is 702. The maximum absolute atomic E-state index is 12.4. The number of thiophene rings is 1. The molecular formula is C19H23BrN2O2S. The first-order valence-electron chi connectivity index (χ1n) is 8.28. The van der Waals surface area contributed by atoms with Gasteiger partial charge in [-0.2, -0.15) is 0 Å². The van der Waals surface area contributed by atoms with E-state index in [0.717, 1.165) is 22.4 Å². The van der Waals surface area contributed by atoms with E-state index in [2.05, 4.69) is 32.2 Å². The monoisotopic (exact) mass is 422 g/mol. The van der Waals surface area contributed by atoms with E-state index < -0.39 is 6.04 Å². The van der Waals surface area contributed by atoms with Gasteiger partial charge in [0, 0.05) is 11.4 Å². The molecule has 1 amide bonds. The summed E-state index contributed by atoms with van der Waals surface area (Å²) in [6.45, 7) is 5.33. The maximum Gasteiger partial charge on any atom is 0.234 e. The number of nitrogens with one attached hydrogen (secondary N) is 1. The number of amides is 1. The van der Waals surface area contributed by atoms with E-state index in [1.165, 1.54) is 11.8 Å². The van der Waals surface area contributed by atoms with Crippen molar-refractivity contribution < 1.29 is 9.59 Å². The van der Waals surface area contributed by atoms with Gasteiger partial charge < -0.3 is 5.32 Å². The van der Waals surface area contributed by atoms with E-state index in [9.17, 15) is 9.59 Å². The normalized spacial score (nSPS) is 12.2. The first-order chi connectivity index (χ1) is 12.0. The molecule has 1 heterocycles. The summed E-state index contributed by atoms with van der Waals surface area (Å²) in [6.07, 6.45) is 0.520. The van der Waals surface area contributed by atoms with Crippen LogP contribution in [0.1, 0.15) is 24.3 Å². The fourth-order valence-corrected chi connectivity index (χ4v) is 4.05. The van der Waals surface area contributed by atoms with Crippen molar-refractivity contribution in [1.29, 1.82) is 0 Å². The highest BCUT2D eigenvalue weighted by molar-refractivity contribution is 9.11. The predicted molar refractivity (Wildman–Crippen MR) is 106 cm³/mol. The number of halogens is 1. The van der Waals surface area contributed by atoms with E-state index in [4.69, 9.17) is 0 Å². The van der Waals surface area contributed by atoms with Crippen LogP contribution >= 0.6 is 27.3 Å². The summed E-state index contributed by atoms with van der Waals surface area (Å²) in [7, 11) is 0. The van der Waals surface area contributed by atoms with Crippen LogP contribution in [-0.4, -0.2) is 35.7 Å². The van der Waals surface area contributed by atoms with Crippen LogP contribution in [0.3, 0.4) is 0 Å². The number of likely N-dealkylation sites (N-methyl/N-ethyl adjacent to an activating group) is 1. The second-order valence-electron chi connectivity index (χ2n) is 5.93. The van der Waals surface area contributed by atoms with Crippen molar-refractivity contribution >= 4 is 39.0 Å². The highest BCUT2D eigenvalue weighted by Gasteiger charge is 2.19. The maximum atomic E-state index is 12.4. The summed E-state index contributed by atoms with van der Waals surface area (Å²) in [5, 5.41) is 2.88. The molecule has 0 aliphatic carbocycles. The van der Waals surface area contributed by atoms with Crippen molar-refractivity contribution in [2.45, 2.75) is 32.9 Å². The molecule has 25 heavy (non-hydrogen) atoms. The molecule has 0 spiro atoms. The summed E-state index contributed by atoms with van der Waals surface area (Å²) in [6, 6.07) is 13.3. The van der Waals surface area contributed by atoms with Crippen LogP contribution in [0.2, 0.25) is 0 Å². The number of hydrogen-bond donors (Lipinski definition) is 1. The molecule has 4 nitrogen and oxygen atoms in total. The number of rotatable bonds is 9. The van der Waals surface area contributed by atoms with E-state index >= 15 is 0 Å². The second kappa shape index (κ2) is 9.85. The molecular weight excluding hydrogens is 400 g/mol. The number of ketones is 1. The zero-order chi connectivity index (χ0) is 18.2. The molecule has 0 saturated heterocycles. The van der Waals surface area contributed by atoms with Crippen LogP contribution in [0.15, 0.2) is 46.3 Å². The first-order valence-corrected chi connectivity index (χ1v) is 9.89. The van der Waals surface area contributed by atoms with Crippen molar-refractivity contribution in [1.82, 2.24) is 10.2 Å². The fraction of sp³-hybridized carbons (Fsp3) is 0.368. The van der Waals surface area contributed by atoms with Crippen molar-refractivity contribution in [3.63, 3.8) is 0 Å². The molecule has 6 heteroatoms. The highest BCUT2D eigenvalue weighted by atomic mass is 79.9. The van der Waals surface area contributed by atoms with E-state index in [1.807, 2.05) is 43.3 Å². The standard InChI is InChI=1S/C19H23BrN2O2S/c1-3-22(12-16-9-10-18(20)25-16)13-19(24)21-17(14(2)23)11-15-7-5-4-6-8-15/h4-10,17H,3,11-13H2,1-2H3,(H,21,24). The van der Waals surface area contributed by atoms with E-state index in [1.54, 1.807) is 11.3 Å². The molecule has 2 aromatic rings. The molecule has 1 atom stereocenters. The van der Waals surface area contributed by atoms with Gasteiger partial charge in [-0.05, 0) is 53.5 Å². The topological polar surface area (TPSA) is 49.4 Å². The Morgan fingerprint density at radius 3 is 2.48 bits per heavy atom. The Morgan fingerprint density at radius 1 is 1.20 bits per heavy atom. The molecule has 0 aliphatic rings. The van der Waals surface area contributed by atoms with Gasteiger partial charge in [0.15, 0.2) is 5.78 Å². The molecule has 0 fully saturated rings. The smallest absolute Gasteiger partial charge is 0.234 e. The Labute approximate surface area is 161 Å². The van der Waals surface area contributed by atoms with Gasteiger partial charge in [-0.15, -0.1) is 11.3 Å². The lowest BCUT2D eigenvalue weighted by Crippen LogP contribution is -2.45. The molecule has 0 aliphatic heterocycles. The zero-order valence-electron chi connectivity index (χ0n) is 14.5. The predicted octanol–water partition coefficient (Wildman–Crippen LogP) is 3.65. The van der Waals surface area contributed by atoms with Gasteiger partial charge in [0.2, 0.25) is 5.91 Å². The van der Waals surface area contributed by atoms with Crippen molar-refractivity contribution in [3.05, 3.63) is 56.7 Å². The number of carbonyl (C=O) groups excluding carboxylic acids is 2. The van der Waals surface area contributed by atoms with Crippen molar-refractivity contribution in [2.24, 2.45) is 0 Å². The van der Waals surface area contributed by atoms with Crippen LogP contribution < -0.4 is 5.32 Å². The molecule has 134 valence electrons. The van der Waals surface area contributed by atoms with Gasteiger partial charge in [-0.1, -0.05) is 37.3 Å². The van der Waals surface area contributed by atoms with Gasteiger partial charge in [0.05, 0.1) is 16.4 Å². The van der Waals surface area contributed by atoms with Crippen molar-refractivity contribution in [2.75, 3.05) is 13.1 Å². The summed E-state index contributed by atoms with van der Waals surface area (Å²) in [5.41, 5.74) is 1.04. The molecule has 1 unspecified atom stereocenters. The minimum absolute atomic E-state index is 0.0255. The Kier molecular flexibility index (Phi) is 7.81. The average molecular weight is 423 g/mol. The minimum atomic E-state index is -0.482. The van der Waals surface area contributed by atoms with Crippen LogP contribution in [0.5, 0.6) is 0 Å². The number of hydrogen-bond acceptors (Lipinski definition) is 4. The molecule has 0 bridgehead atoms. The number of benzene rings is 1. The van der Waals surface area contributed by atoms with Crippen LogP contribution in [0.25, 0.3) is 0 Å². The zero-order valence-corrected chi connectivity index (χ0v) is 16.9. The number of Topliss-reactive ketones (excluding diaryl/α,β-unsaturated/α-hetero) is 1. The van der Waals surface area contributed by atoms with Crippen LogP contribution in [0.4, 0.5) is 0 Å². The van der Waals surface area contributed by atoms with Crippen LogP contribution in [-0.2, 0) is 22.6 Å². The summed E-state index contributed by atoms with van der Waals surface area (Å²) in [5.74, 6) is -0.143. The lowest BCUT2D eigenvalue weighted by atomic mass is 10.0. The van der Waals surface area contributed by atoms with Gasteiger partial charge in [0.1, 0.15) is 0 Å². The lowest BCUT2D eigenvalue weighted by Gasteiger charge is -2.21. The average Bonchev–Trinajstić information content (AvgIpc) is 2.99. The van der Waals surface area contributed by atoms with Gasteiger partial charge in [-0.25, -0.2) is 0 Å². The molecule has 1 aromatic heterocycles. The Hall–Kier alpha value is -1.50.